The van der Waals surface area contributed by atoms with E-state index in [9.17, 15) is 70.7 Å². The van der Waals surface area contributed by atoms with E-state index in [1.807, 2.05) is 0 Å². The lowest BCUT2D eigenvalue weighted by molar-refractivity contribution is -0.449. The fourth-order valence-corrected chi connectivity index (χ4v) is 2.69. The van der Waals surface area contributed by atoms with Gasteiger partial charge in [0.25, 0.3) is 5.91 Å². The van der Waals surface area contributed by atoms with Crippen LogP contribution in [0.5, 0.6) is 0 Å². The van der Waals surface area contributed by atoms with Crippen molar-refractivity contribution >= 4 is 5.91 Å². The third kappa shape index (κ3) is 6.66. The summed E-state index contributed by atoms with van der Waals surface area (Å²) < 4.78 is 197. The average Bonchev–Trinajstić information content (AvgIpc) is 2.76. The zero-order valence-corrected chi connectivity index (χ0v) is 18.5. The van der Waals surface area contributed by atoms with Crippen LogP contribution in [0.4, 0.5) is 65.9 Å². The van der Waals surface area contributed by atoms with Crippen LogP contribution in [0.25, 0.3) is 0 Å². The van der Waals surface area contributed by atoms with Gasteiger partial charge in [0.15, 0.2) is 0 Å². The van der Waals surface area contributed by atoms with Gasteiger partial charge in [-0.15, -0.1) is 0 Å². The van der Waals surface area contributed by atoms with Gasteiger partial charge in [0.1, 0.15) is 0 Å². The van der Waals surface area contributed by atoms with Gasteiger partial charge in [-0.1, -0.05) is 0 Å². The zero-order valence-electron chi connectivity index (χ0n) is 18.5. The van der Waals surface area contributed by atoms with E-state index in [1.54, 1.807) is 4.90 Å². The number of halogens is 15. The summed E-state index contributed by atoms with van der Waals surface area (Å²) in [5.74, 6) is -51.4. The van der Waals surface area contributed by atoms with Gasteiger partial charge in [-0.05, 0) is 52.0 Å². The first-order valence-corrected chi connectivity index (χ1v) is 10.2. The topological polar surface area (TPSA) is 84.4 Å². The predicted molar refractivity (Wildman–Crippen MR) is 97.1 cm³/mol. The fraction of sp³-hybridized carbons (Fsp3) is 0.941. The molecule has 0 fully saturated rings. The van der Waals surface area contributed by atoms with Crippen LogP contribution in [0.3, 0.4) is 0 Å². The second kappa shape index (κ2) is 12.0. The van der Waals surface area contributed by atoms with Crippen LogP contribution < -0.4 is 16.8 Å². The lowest BCUT2D eigenvalue weighted by Crippen LogP contribution is -2.74. The molecule has 0 saturated carbocycles. The molecule has 0 unspecified atom stereocenters. The molecular weight excluding hydrogens is 561 g/mol. The second-order valence-corrected chi connectivity index (χ2v) is 7.68. The van der Waals surface area contributed by atoms with E-state index in [0.29, 0.717) is 25.9 Å². The number of carbonyl (C=O) groups is 1. The van der Waals surface area contributed by atoms with Crippen molar-refractivity contribution in [2.45, 2.75) is 61.0 Å². The van der Waals surface area contributed by atoms with Crippen LogP contribution in [0.1, 0.15) is 19.3 Å². The van der Waals surface area contributed by atoms with Crippen LogP contribution >= 0.6 is 0 Å². The minimum Gasteiger partial charge on any atom is -0.351 e. The van der Waals surface area contributed by atoms with Gasteiger partial charge < -0.3 is 21.7 Å². The first kappa shape index (κ1) is 35.3. The monoisotopic (exact) mass is 584 g/mol. The smallest absolute Gasteiger partial charge is 0.351 e. The molecule has 0 saturated heterocycles. The molecule has 0 bridgehead atoms. The quantitative estimate of drug-likeness (QED) is 0.190. The highest BCUT2D eigenvalue weighted by Crippen LogP contribution is 2.62. The molecule has 1 amide bonds. The number of hydrogen-bond donors (Lipinski definition) is 3. The van der Waals surface area contributed by atoms with E-state index in [0.717, 1.165) is 5.32 Å². The van der Waals surface area contributed by atoms with Crippen LogP contribution in [0.15, 0.2) is 0 Å². The predicted octanol–water partition coefficient (Wildman–Crippen LogP) is 3.87. The van der Waals surface area contributed by atoms with Gasteiger partial charge in [0.05, 0.1) is 0 Å². The number of carbonyl (C=O) groups excluding carboxylic acids is 1. The number of nitrogens with one attached hydrogen (secondary N) is 1. The summed E-state index contributed by atoms with van der Waals surface area (Å²) in [6, 6.07) is 0. The SMILES string of the molecule is NCCCN(CCCN)CCCNC(=O)C(F)(F)C(F)(F)C(F)(F)C(F)(F)C(F)(F)C(F)(F)C(F)(F)F. The normalized spacial score (nSPS) is 14.9. The molecule has 0 spiro atoms. The molecule has 0 aromatic heterocycles. The minimum absolute atomic E-state index is 0.0325. The molecule has 0 aromatic rings. The maximum absolute atomic E-state index is 13.8. The number of nitrogens with two attached hydrogens (primary N) is 2. The molecule has 0 atom stereocenters. The highest BCUT2D eigenvalue weighted by atomic mass is 19.4. The highest BCUT2D eigenvalue weighted by Gasteiger charge is 2.94. The Bertz CT molecular complexity index is 735. The lowest BCUT2D eigenvalue weighted by atomic mass is 9.91. The minimum atomic E-state index is -8.43. The standard InChI is InChI=1S/C17H23F15N4O/c18-11(19,10(37)35-6-3-9-36(7-1-4-33)8-2-5-34)12(20,21)13(22,23)14(24,25)15(26,27)16(28,29)17(30,31)32/h1-9,33-34H2,(H,35,37). The van der Waals surface area contributed by atoms with Crippen molar-refractivity contribution in [3.63, 3.8) is 0 Å². The van der Waals surface area contributed by atoms with E-state index in [1.165, 1.54) is 0 Å². The molecule has 37 heavy (non-hydrogen) atoms. The van der Waals surface area contributed by atoms with Gasteiger partial charge in [-0.25, -0.2) is 0 Å². The molecule has 0 heterocycles. The maximum Gasteiger partial charge on any atom is 0.460 e. The molecule has 222 valence electrons. The van der Waals surface area contributed by atoms with Crippen molar-refractivity contribution < 1.29 is 70.7 Å². The molecule has 20 heteroatoms. The van der Waals surface area contributed by atoms with Gasteiger partial charge in [-0.2, -0.15) is 65.9 Å². The molecule has 0 aromatic carbocycles. The van der Waals surface area contributed by atoms with E-state index in [4.69, 9.17) is 11.5 Å². The molecular formula is C17H23F15N4O. The van der Waals surface area contributed by atoms with Crippen molar-refractivity contribution in [1.82, 2.24) is 10.2 Å². The summed E-state index contributed by atoms with van der Waals surface area (Å²) in [5.41, 5.74) is 10.6. The maximum atomic E-state index is 13.8. The summed E-state index contributed by atoms with van der Waals surface area (Å²) in [7, 11) is 0. The molecule has 0 rings (SSSR count). The Morgan fingerprint density at radius 3 is 1.30 bits per heavy atom. The summed E-state index contributed by atoms with van der Waals surface area (Å²) >= 11 is 0. The first-order chi connectivity index (χ1) is 16.4. The van der Waals surface area contributed by atoms with Crippen molar-refractivity contribution in [2.24, 2.45) is 11.5 Å². The van der Waals surface area contributed by atoms with Crippen LogP contribution in [0, 0.1) is 0 Å². The summed E-state index contributed by atoms with van der Waals surface area (Å²) in [6.07, 6.45) is -7.15. The summed E-state index contributed by atoms with van der Waals surface area (Å²) in [5, 5.41) is 0.975. The van der Waals surface area contributed by atoms with Gasteiger partial charge in [-0.3, -0.25) is 4.79 Å². The van der Waals surface area contributed by atoms with E-state index >= 15 is 0 Å². The van der Waals surface area contributed by atoms with Gasteiger partial charge >= 0.3 is 41.7 Å². The molecule has 5 N–H and O–H groups in total. The molecule has 0 radical (unpaired) electrons. The molecule has 0 aliphatic carbocycles. The van der Waals surface area contributed by atoms with Crippen LogP contribution in [-0.2, 0) is 4.79 Å². The fourth-order valence-electron chi connectivity index (χ4n) is 2.69. The number of hydrogen-bond acceptors (Lipinski definition) is 4. The Hall–Kier alpha value is -1.70. The zero-order chi connectivity index (χ0) is 29.7. The lowest BCUT2D eigenvalue weighted by Gasteiger charge is -2.41. The highest BCUT2D eigenvalue weighted by molar-refractivity contribution is 5.84. The van der Waals surface area contributed by atoms with E-state index < -0.39 is 54.2 Å². The van der Waals surface area contributed by atoms with E-state index in [-0.39, 0.29) is 26.1 Å². The summed E-state index contributed by atoms with van der Waals surface area (Å²) in [6.45, 7) is 0.104. The van der Waals surface area contributed by atoms with Crippen LogP contribution in [-0.4, -0.2) is 91.8 Å². The Morgan fingerprint density at radius 2 is 0.919 bits per heavy atom. The van der Waals surface area contributed by atoms with Crippen molar-refractivity contribution in [3.8, 4) is 0 Å². The Morgan fingerprint density at radius 1 is 0.568 bits per heavy atom. The van der Waals surface area contributed by atoms with Gasteiger partial charge in [0.2, 0.25) is 0 Å². The summed E-state index contributed by atoms with van der Waals surface area (Å²) in [4.78, 5) is 13.0. The van der Waals surface area contributed by atoms with Gasteiger partial charge in [0, 0.05) is 6.54 Å². The molecule has 0 aliphatic rings. The number of amides is 1. The third-order valence-electron chi connectivity index (χ3n) is 4.91. The average molecular weight is 584 g/mol. The largest absolute Gasteiger partial charge is 0.460 e. The Balaban J connectivity index is 5.74. The Labute approximate surface area is 199 Å². The van der Waals surface area contributed by atoms with Crippen molar-refractivity contribution in [2.75, 3.05) is 39.3 Å². The second-order valence-electron chi connectivity index (χ2n) is 7.68. The van der Waals surface area contributed by atoms with Crippen molar-refractivity contribution in [3.05, 3.63) is 0 Å². The van der Waals surface area contributed by atoms with Crippen LogP contribution in [0.2, 0.25) is 0 Å². The third-order valence-corrected chi connectivity index (χ3v) is 4.91. The van der Waals surface area contributed by atoms with Crippen molar-refractivity contribution in [1.29, 1.82) is 0 Å². The van der Waals surface area contributed by atoms with E-state index in [2.05, 4.69) is 0 Å². The Kier molecular flexibility index (Phi) is 11.4. The number of rotatable bonds is 16. The molecule has 5 nitrogen and oxygen atoms in total. The number of alkyl halides is 15. The number of nitrogens with zero attached hydrogens (tertiary/aromatic N) is 1. The first-order valence-electron chi connectivity index (χ1n) is 10.2. The molecule has 0 aliphatic heterocycles.